The highest BCUT2D eigenvalue weighted by Gasteiger charge is 2.18. The first-order valence-corrected chi connectivity index (χ1v) is 5.45. The van der Waals surface area contributed by atoms with Crippen molar-refractivity contribution in [1.82, 2.24) is 9.97 Å². The van der Waals surface area contributed by atoms with E-state index in [4.69, 9.17) is 0 Å². The number of piperidine rings is 1. The number of aliphatic hydroxyl groups excluding tert-OH is 1. The number of nitrogens with zero attached hydrogens (tertiary/aromatic N) is 3. The summed E-state index contributed by atoms with van der Waals surface area (Å²) >= 11 is 3.24. The molecule has 1 saturated heterocycles. The summed E-state index contributed by atoms with van der Waals surface area (Å²) in [7, 11) is 0. The second-order valence-corrected chi connectivity index (χ2v) is 4.25. The molecule has 2 rings (SSSR count). The molecule has 1 aromatic rings. The lowest BCUT2D eigenvalue weighted by Gasteiger charge is -2.30. The summed E-state index contributed by atoms with van der Waals surface area (Å²) in [6.45, 7) is 1.61. The van der Waals surface area contributed by atoms with E-state index >= 15 is 0 Å². The molecule has 14 heavy (non-hydrogen) atoms. The van der Waals surface area contributed by atoms with Gasteiger partial charge in [0.2, 0.25) is 0 Å². The summed E-state index contributed by atoms with van der Waals surface area (Å²) in [5.74, 6) is 0.840. The van der Waals surface area contributed by atoms with Crippen LogP contribution in [0.15, 0.2) is 17.0 Å². The number of aliphatic hydroxyl groups is 1. The van der Waals surface area contributed by atoms with Gasteiger partial charge in [-0.3, -0.25) is 0 Å². The molecule has 1 fully saturated rings. The van der Waals surface area contributed by atoms with Crippen molar-refractivity contribution in [3.63, 3.8) is 0 Å². The van der Waals surface area contributed by atoms with Gasteiger partial charge >= 0.3 is 0 Å². The lowest BCUT2D eigenvalue weighted by molar-refractivity contribution is 0.154. The molecule has 0 aromatic carbocycles. The highest BCUT2D eigenvalue weighted by atomic mass is 79.9. The van der Waals surface area contributed by atoms with Crippen LogP contribution in [0.3, 0.4) is 0 Å². The third-order valence-electron chi connectivity index (χ3n) is 2.33. The summed E-state index contributed by atoms with van der Waals surface area (Å²) in [4.78, 5) is 10.4. The first kappa shape index (κ1) is 9.86. The van der Waals surface area contributed by atoms with Crippen LogP contribution in [-0.2, 0) is 0 Å². The van der Waals surface area contributed by atoms with Gasteiger partial charge in [0.25, 0.3) is 0 Å². The van der Waals surface area contributed by atoms with Gasteiger partial charge in [-0.2, -0.15) is 0 Å². The molecule has 1 aromatic heterocycles. The maximum absolute atomic E-state index is 9.50. The Hall–Kier alpha value is -0.680. The summed E-state index contributed by atoms with van der Waals surface area (Å²) in [6.07, 6.45) is 5.08. The fraction of sp³-hybridized carbons (Fsp3) is 0.556. The number of rotatable bonds is 1. The molecule has 76 valence electrons. The Kier molecular flexibility index (Phi) is 2.98. The molecule has 1 N–H and O–H groups in total. The molecule has 1 aliphatic heterocycles. The molecule has 1 unspecified atom stereocenters. The van der Waals surface area contributed by atoms with Crippen LogP contribution in [0.25, 0.3) is 0 Å². The normalized spacial score (nSPS) is 22.4. The van der Waals surface area contributed by atoms with Gasteiger partial charge in [0.15, 0.2) is 0 Å². The molecule has 0 amide bonds. The topological polar surface area (TPSA) is 49.2 Å². The number of aromatic nitrogens is 2. The number of anilines is 1. The van der Waals surface area contributed by atoms with E-state index in [1.165, 1.54) is 0 Å². The molecular formula is C9H12BrN3O. The highest BCUT2D eigenvalue weighted by molar-refractivity contribution is 9.10. The minimum Gasteiger partial charge on any atom is -0.391 e. The maximum atomic E-state index is 9.50. The van der Waals surface area contributed by atoms with Gasteiger partial charge < -0.3 is 10.0 Å². The molecule has 1 aliphatic rings. The Bertz CT molecular complexity index is 303. The van der Waals surface area contributed by atoms with Crippen LogP contribution in [0, 0.1) is 0 Å². The van der Waals surface area contributed by atoms with E-state index in [0.717, 1.165) is 29.8 Å². The SMILES string of the molecule is OC1CCCN(c2cnc(Br)cn2)C1. The highest BCUT2D eigenvalue weighted by Crippen LogP contribution is 2.17. The van der Waals surface area contributed by atoms with E-state index in [0.29, 0.717) is 6.54 Å². The lowest BCUT2D eigenvalue weighted by Crippen LogP contribution is -2.38. The summed E-state index contributed by atoms with van der Waals surface area (Å²) < 4.78 is 0.735. The van der Waals surface area contributed by atoms with Gasteiger partial charge in [-0.25, -0.2) is 9.97 Å². The molecule has 4 nitrogen and oxygen atoms in total. The molecule has 0 radical (unpaired) electrons. The summed E-state index contributed by atoms with van der Waals surface area (Å²) in [5, 5.41) is 9.50. The van der Waals surface area contributed by atoms with Gasteiger partial charge in [0.1, 0.15) is 10.4 Å². The Morgan fingerprint density at radius 3 is 2.93 bits per heavy atom. The first-order chi connectivity index (χ1) is 6.75. The minimum absolute atomic E-state index is 0.228. The van der Waals surface area contributed by atoms with Crippen molar-refractivity contribution < 1.29 is 5.11 Å². The van der Waals surface area contributed by atoms with Gasteiger partial charge in [0.05, 0.1) is 18.5 Å². The second kappa shape index (κ2) is 4.23. The minimum atomic E-state index is -0.228. The zero-order valence-corrected chi connectivity index (χ0v) is 9.31. The zero-order chi connectivity index (χ0) is 9.97. The Labute approximate surface area is 91.1 Å². The van der Waals surface area contributed by atoms with Gasteiger partial charge in [-0.05, 0) is 28.8 Å². The largest absolute Gasteiger partial charge is 0.391 e. The van der Waals surface area contributed by atoms with E-state index in [9.17, 15) is 5.11 Å². The van der Waals surface area contributed by atoms with E-state index < -0.39 is 0 Å². The van der Waals surface area contributed by atoms with Crippen molar-refractivity contribution in [3.05, 3.63) is 17.0 Å². The monoisotopic (exact) mass is 257 g/mol. The molecule has 5 heteroatoms. The van der Waals surface area contributed by atoms with E-state index in [1.54, 1.807) is 12.4 Å². The first-order valence-electron chi connectivity index (χ1n) is 4.66. The second-order valence-electron chi connectivity index (χ2n) is 3.44. The van der Waals surface area contributed by atoms with Crippen LogP contribution < -0.4 is 4.90 Å². The summed E-state index contributed by atoms with van der Waals surface area (Å²) in [6, 6.07) is 0. The van der Waals surface area contributed by atoms with Crippen molar-refractivity contribution in [2.24, 2.45) is 0 Å². The molecule has 0 saturated carbocycles. The van der Waals surface area contributed by atoms with Crippen molar-refractivity contribution in [2.75, 3.05) is 18.0 Å². The predicted octanol–water partition coefficient (Wildman–Crippen LogP) is 1.20. The zero-order valence-electron chi connectivity index (χ0n) is 7.73. The predicted molar refractivity (Wildman–Crippen MR) is 57.2 cm³/mol. The Morgan fingerprint density at radius 2 is 2.29 bits per heavy atom. The van der Waals surface area contributed by atoms with E-state index in [-0.39, 0.29) is 6.10 Å². The number of hydrogen-bond donors (Lipinski definition) is 1. The van der Waals surface area contributed by atoms with Crippen molar-refractivity contribution in [1.29, 1.82) is 0 Å². The van der Waals surface area contributed by atoms with Gasteiger partial charge in [0, 0.05) is 13.1 Å². The fourth-order valence-electron chi connectivity index (χ4n) is 1.63. The molecule has 2 heterocycles. The van der Waals surface area contributed by atoms with Crippen molar-refractivity contribution >= 4 is 21.7 Å². The Morgan fingerprint density at radius 1 is 1.43 bits per heavy atom. The molecular weight excluding hydrogens is 246 g/mol. The fourth-order valence-corrected chi connectivity index (χ4v) is 1.84. The molecule has 0 bridgehead atoms. The smallest absolute Gasteiger partial charge is 0.147 e. The maximum Gasteiger partial charge on any atom is 0.147 e. The quantitative estimate of drug-likeness (QED) is 0.822. The standard InChI is InChI=1S/C9H12BrN3O/c10-8-4-12-9(5-11-8)13-3-1-2-7(14)6-13/h4-5,7,14H,1-3,6H2. The average molecular weight is 258 g/mol. The van der Waals surface area contributed by atoms with Gasteiger partial charge in [-0.15, -0.1) is 0 Å². The number of halogens is 1. The van der Waals surface area contributed by atoms with Crippen LogP contribution in [0.5, 0.6) is 0 Å². The summed E-state index contributed by atoms with van der Waals surface area (Å²) in [5.41, 5.74) is 0. The van der Waals surface area contributed by atoms with Crippen LogP contribution in [0.2, 0.25) is 0 Å². The Balaban J connectivity index is 2.10. The van der Waals surface area contributed by atoms with Crippen LogP contribution in [-0.4, -0.2) is 34.3 Å². The molecule has 1 atom stereocenters. The van der Waals surface area contributed by atoms with Crippen LogP contribution in [0.4, 0.5) is 5.82 Å². The van der Waals surface area contributed by atoms with Crippen molar-refractivity contribution in [3.8, 4) is 0 Å². The van der Waals surface area contributed by atoms with Crippen LogP contribution in [0.1, 0.15) is 12.8 Å². The average Bonchev–Trinajstić information content (AvgIpc) is 2.19. The molecule has 0 aliphatic carbocycles. The third kappa shape index (κ3) is 2.22. The van der Waals surface area contributed by atoms with E-state index in [2.05, 4.69) is 30.8 Å². The third-order valence-corrected chi connectivity index (χ3v) is 2.74. The number of hydrogen-bond acceptors (Lipinski definition) is 4. The molecule has 0 spiro atoms. The lowest BCUT2D eigenvalue weighted by atomic mass is 10.1. The number of β-amino-alcohol motifs (C(OH)–C–C–N with tert-alkyl or cyclic N) is 1. The van der Waals surface area contributed by atoms with Crippen molar-refractivity contribution in [2.45, 2.75) is 18.9 Å². The van der Waals surface area contributed by atoms with E-state index in [1.807, 2.05) is 0 Å². The van der Waals surface area contributed by atoms with Crippen LogP contribution >= 0.6 is 15.9 Å². The van der Waals surface area contributed by atoms with Gasteiger partial charge in [-0.1, -0.05) is 0 Å².